The lowest BCUT2D eigenvalue weighted by Crippen LogP contribution is -2.35. The number of pyridine rings is 2. The Bertz CT molecular complexity index is 1400. The van der Waals surface area contributed by atoms with Crippen molar-refractivity contribution in [3.63, 3.8) is 0 Å². The summed E-state index contributed by atoms with van der Waals surface area (Å²) in [5.41, 5.74) is 2.29. The van der Waals surface area contributed by atoms with E-state index in [1.807, 2.05) is 30.3 Å². The van der Waals surface area contributed by atoms with Gasteiger partial charge < -0.3 is 15.2 Å². The van der Waals surface area contributed by atoms with Crippen LogP contribution in [0.15, 0.2) is 77.9 Å². The summed E-state index contributed by atoms with van der Waals surface area (Å²) in [6.07, 6.45) is 7.94. The first kappa shape index (κ1) is 23.1. The van der Waals surface area contributed by atoms with E-state index in [-0.39, 0.29) is 11.3 Å². The summed E-state index contributed by atoms with van der Waals surface area (Å²) < 4.78 is 0. The molecule has 5 rings (SSSR count). The van der Waals surface area contributed by atoms with Crippen LogP contribution in [0.3, 0.4) is 0 Å². The molecule has 4 aromatic rings. The van der Waals surface area contributed by atoms with Crippen LogP contribution in [-0.2, 0) is 0 Å². The minimum absolute atomic E-state index is 0.150. The average molecular weight is 487 g/mol. The normalized spacial score (nSPS) is 14.9. The monoisotopic (exact) mass is 486 g/mol. The summed E-state index contributed by atoms with van der Waals surface area (Å²) in [5.74, 6) is 0.433. The summed E-state index contributed by atoms with van der Waals surface area (Å²) in [6.45, 7) is 1.76. The maximum absolute atomic E-state index is 13.7. The highest BCUT2D eigenvalue weighted by atomic mass is 35.5. The van der Waals surface area contributed by atoms with Crippen LogP contribution < -0.4 is 15.6 Å². The number of anilines is 1. The summed E-state index contributed by atoms with van der Waals surface area (Å²) >= 11 is 6.11. The smallest absolute Gasteiger partial charge is 0.255 e. The van der Waals surface area contributed by atoms with E-state index in [2.05, 4.69) is 20.2 Å². The van der Waals surface area contributed by atoms with Gasteiger partial charge in [-0.2, -0.15) is 0 Å². The Morgan fingerprint density at radius 3 is 2.54 bits per heavy atom. The number of aromatic amines is 1. The SMILES string of the molecule is O=C(NC(c1ccccc1)c1c[nH]c2cc(Cl)ccc2c1=O)c1cccnc1N1CCCCCC1. The maximum Gasteiger partial charge on any atom is 0.255 e. The standard InChI is InChI=1S/C28H27ClN4O2/c29-20-12-13-21-24(17-20)31-18-23(26(21)34)25(19-9-4-3-5-10-19)32-28(35)22-11-8-14-30-27(22)33-15-6-1-2-7-16-33/h3-5,8-14,17-18,25H,1-2,6-7,15-16H2,(H,31,34)(H,32,35). The summed E-state index contributed by atoms with van der Waals surface area (Å²) in [7, 11) is 0. The first-order valence-corrected chi connectivity index (χ1v) is 12.4. The number of hydrogen-bond donors (Lipinski definition) is 2. The molecule has 2 aromatic carbocycles. The third-order valence-corrected chi connectivity index (χ3v) is 6.76. The predicted octanol–water partition coefficient (Wildman–Crippen LogP) is 5.48. The van der Waals surface area contributed by atoms with E-state index < -0.39 is 6.04 Å². The molecule has 1 aliphatic heterocycles. The van der Waals surface area contributed by atoms with Gasteiger partial charge in [0.2, 0.25) is 0 Å². The molecule has 1 saturated heterocycles. The highest BCUT2D eigenvalue weighted by Crippen LogP contribution is 2.25. The molecule has 2 N–H and O–H groups in total. The Morgan fingerprint density at radius 1 is 1.00 bits per heavy atom. The zero-order chi connectivity index (χ0) is 24.2. The number of nitrogens with one attached hydrogen (secondary N) is 2. The molecule has 1 amide bonds. The van der Waals surface area contributed by atoms with E-state index in [1.54, 1.807) is 42.7 Å². The molecule has 178 valence electrons. The molecule has 7 heteroatoms. The van der Waals surface area contributed by atoms with E-state index in [0.717, 1.165) is 31.5 Å². The van der Waals surface area contributed by atoms with Gasteiger partial charge in [0.25, 0.3) is 5.91 Å². The van der Waals surface area contributed by atoms with Gasteiger partial charge in [0.15, 0.2) is 5.43 Å². The van der Waals surface area contributed by atoms with Crippen LogP contribution in [0.2, 0.25) is 5.02 Å². The van der Waals surface area contributed by atoms with Crippen molar-refractivity contribution < 1.29 is 4.79 Å². The number of amides is 1. The lowest BCUT2D eigenvalue weighted by molar-refractivity contribution is 0.0943. The minimum atomic E-state index is -0.635. The molecule has 35 heavy (non-hydrogen) atoms. The van der Waals surface area contributed by atoms with Crippen molar-refractivity contribution in [1.82, 2.24) is 15.3 Å². The number of benzene rings is 2. The van der Waals surface area contributed by atoms with Crippen LogP contribution >= 0.6 is 11.6 Å². The van der Waals surface area contributed by atoms with Gasteiger partial charge in [0.1, 0.15) is 5.82 Å². The first-order chi connectivity index (χ1) is 17.1. The molecule has 6 nitrogen and oxygen atoms in total. The fraction of sp³-hybridized carbons (Fsp3) is 0.250. The van der Waals surface area contributed by atoms with Crippen LogP contribution in [0, 0.1) is 0 Å². The second-order valence-corrected chi connectivity index (χ2v) is 9.29. The minimum Gasteiger partial charge on any atom is -0.361 e. The van der Waals surface area contributed by atoms with E-state index >= 15 is 0 Å². The Balaban J connectivity index is 1.54. The third-order valence-electron chi connectivity index (χ3n) is 6.53. The molecule has 2 aromatic heterocycles. The van der Waals surface area contributed by atoms with Crippen LogP contribution in [0.5, 0.6) is 0 Å². The number of aromatic nitrogens is 2. The Kier molecular flexibility index (Phi) is 6.82. The van der Waals surface area contributed by atoms with Crippen molar-refractivity contribution in [3.05, 3.63) is 105 Å². The third kappa shape index (κ3) is 4.93. The predicted molar refractivity (Wildman–Crippen MR) is 140 cm³/mol. The number of rotatable bonds is 5. The first-order valence-electron chi connectivity index (χ1n) is 12.0. The molecule has 1 fully saturated rings. The van der Waals surface area contributed by atoms with Crippen LogP contribution in [0.1, 0.15) is 53.2 Å². The number of carbonyl (C=O) groups is 1. The van der Waals surface area contributed by atoms with Crippen molar-refractivity contribution in [2.75, 3.05) is 18.0 Å². The van der Waals surface area contributed by atoms with E-state index in [1.165, 1.54) is 12.8 Å². The van der Waals surface area contributed by atoms with Gasteiger partial charge >= 0.3 is 0 Å². The lowest BCUT2D eigenvalue weighted by Gasteiger charge is -2.25. The van der Waals surface area contributed by atoms with Gasteiger partial charge in [0, 0.05) is 41.5 Å². The number of nitrogens with zero attached hydrogens (tertiary/aromatic N) is 2. The fourth-order valence-electron chi connectivity index (χ4n) is 4.73. The maximum atomic E-state index is 13.7. The van der Waals surface area contributed by atoms with Crippen LogP contribution in [0.4, 0.5) is 5.82 Å². The van der Waals surface area contributed by atoms with Crippen molar-refractivity contribution in [3.8, 4) is 0 Å². The Hall–Kier alpha value is -3.64. The van der Waals surface area contributed by atoms with Crippen molar-refractivity contribution in [1.29, 1.82) is 0 Å². The molecule has 0 saturated carbocycles. The molecule has 0 spiro atoms. The summed E-state index contributed by atoms with van der Waals surface area (Å²) in [5, 5.41) is 4.20. The lowest BCUT2D eigenvalue weighted by atomic mass is 9.97. The van der Waals surface area contributed by atoms with Gasteiger partial charge in [-0.3, -0.25) is 9.59 Å². The number of hydrogen-bond acceptors (Lipinski definition) is 4. The van der Waals surface area contributed by atoms with E-state index in [0.29, 0.717) is 32.9 Å². The van der Waals surface area contributed by atoms with Gasteiger partial charge in [-0.25, -0.2) is 4.98 Å². The molecule has 1 aliphatic rings. The summed E-state index contributed by atoms with van der Waals surface area (Å²) in [6, 6.07) is 17.6. The highest BCUT2D eigenvalue weighted by Gasteiger charge is 2.25. The largest absolute Gasteiger partial charge is 0.361 e. The van der Waals surface area contributed by atoms with Crippen molar-refractivity contribution >= 4 is 34.2 Å². The average Bonchev–Trinajstić information content (AvgIpc) is 3.18. The van der Waals surface area contributed by atoms with Gasteiger partial charge in [-0.15, -0.1) is 0 Å². The molecule has 1 unspecified atom stereocenters. The van der Waals surface area contributed by atoms with Crippen LogP contribution in [0.25, 0.3) is 10.9 Å². The van der Waals surface area contributed by atoms with E-state index in [9.17, 15) is 9.59 Å². The van der Waals surface area contributed by atoms with Crippen molar-refractivity contribution in [2.45, 2.75) is 31.7 Å². The van der Waals surface area contributed by atoms with Crippen molar-refractivity contribution in [2.24, 2.45) is 0 Å². The second-order valence-electron chi connectivity index (χ2n) is 8.86. The van der Waals surface area contributed by atoms with Crippen LogP contribution in [-0.4, -0.2) is 29.0 Å². The zero-order valence-electron chi connectivity index (χ0n) is 19.3. The number of fused-ring (bicyclic) bond motifs is 1. The Morgan fingerprint density at radius 2 is 1.77 bits per heavy atom. The molecular weight excluding hydrogens is 460 g/mol. The highest BCUT2D eigenvalue weighted by molar-refractivity contribution is 6.31. The number of H-pyrrole nitrogens is 1. The number of carbonyl (C=O) groups excluding carboxylic acids is 1. The second kappa shape index (κ2) is 10.3. The van der Waals surface area contributed by atoms with Gasteiger partial charge in [-0.1, -0.05) is 54.8 Å². The Labute approximate surface area is 209 Å². The quantitative estimate of drug-likeness (QED) is 0.391. The topological polar surface area (TPSA) is 78.1 Å². The molecule has 1 atom stereocenters. The molecule has 3 heterocycles. The molecule has 0 aliphatic carbocycles. The molecular formula is C28H27ClN4O2. The fourth-order valence-corrected chi connectivity index (χ4v) is 4.90. The van der Waals surface area contributed by atoms with Gasteiger partial charge in [0.05, 0.1) is 17.1 Å². The zero-order valence-corrected chi connectivity index (χ0v) is 20.1. The molecule has 0 radical (unpaired) electrons. The molecule has 0 bridgehead atoms. The van der Waals surface area contributed by atoms with E-state index in [4.69, 9.17) is 11.6 Å². The van der Waals surface area contributed by atoms with Gasteiger partial charge in [-0.05, 0) is 48.7 Å². The summed E-state index contributed by atoms with van der Waals surface area (Å²) in [4.78, 5) is 37.1. The number of halogens is 1.